The van der Waals surface area contributed by atoms with Gasteiger partial charge in [0.1, 0.15) is 17.1 Å². The Balaban J connectivity index is 1.83. The number of ether oxygens (including phenoxy) is 1. The average molecular weight is 505 g/mol. The molecular formula is C29H36N4O4. The maximum atomic E-state index is 13.4. The summed E-state index contributed by atoms with van der Waals surface area (Å²) in [5.74, 6) is -0.906. The molecular weight excluding hydrogens is 468 g/mol. The number of hydrogen-bond acceptors (Lipinski definition) is 6. The number of hydrogen-bond donors (Lipinski definition) is 1. The van der Waals surface area contributed by atoms with Crippen molar-refractivity contribution in [2.24, 2.45) is 0 Å². The number of aryl methyl sites for hydroxylation is 2. The molecule has 3 heterocycles. The van der Waals surface area contributed by atoms with E-state index in [-0.39, 0.29) is 11.3 Å². The van der Waals surface area contributed by atoms with Crippen molar-refractivity contribution in [2.45, 2.75) is 47.1 Å². The lowest BCUT2D eigenvalue weighted by Gasteiger charge is -2.27. The van der Waals surface area contributed by atoms with Crippen LogP contribution in [0.25, 0.3) is 11.4 Å². The lowest BCUT2D eigenvalue weighted by molar-refractivity contribution is -0.140. The van der Waals surface area contributed by atoms with Gasteiger partial charge >= 0.3 is 0 Å². The van der Waals surface area contributed by atoms with E-state index in [0.717, 1.165) is 25.2 Å². The molecule has 0 aliphatic carbocycles. The molecule has 8 heteroatoms. The van der Waals surface area contributed by atoms with Crippen LogP contribution in [0.15, 0.2) is 48.2 Å². The van der Waals surface area contributed by atoms with Crippen LogP contribution in [0.5, 0.6) is 5.75 Å². The second kappa shape index (κ2) is 11.2. The molecule has 8 nitrogen and oxygen atoms in total. The zero-order valence-corrected chi connectivity index (χ0v) is 22.3. The third-order valence-electron chi connectivity index (χ3n) is 7.10. The minimum Gasteiger partial charge on any atom is -0.505 e. The van der Waals surface area contributed by atoms with Crippen LogP contribution >= 0.6 is 0 Å². The normalized spacial score (nSPS) is 17.4. The summed E-state index contributed by atoms with van der Waals surface area (Å²) in [6, 6.07) is 10.5. The number of fused-ring (bicyclic) bond motifs is 1. The monoisotopic (exact) mass is 504 g/mol. The number of aliphatic hydroxyl groups excluding tert-OH is 1. The second-order valence-corrected chi connectivity index (χ2v) is 9.31. The van der Waals surface area contributed by atoms with Gasteiger partial charge in [-0.2, -0.15) is 0 Å². The zero-order chi connectivity index (χ0) is 26.7. The van der Waals surface area contributed by atoms with Crippen molar-refractivity contribution < 1.29 is 19.4 Å². The molecule has 4 rings (SSSR count). The standard InChI is InChI=1S/C29H36N4O4/c1-6-31(7-2)15-11-17-33-25(21-13-9-14-22(18-21)37-8-3)23(27(35)29(33)36)26(34)24-20(5)32-16-10-12-19(4)28(32)30-24/h9-10,12-14,16,18,25,34H,6-8,11,15,17H2,1-5H3/b26-23+. The highest BCUT2D eigenvalue weighted by Gasteiger charge is 2.46. The van der Waals surface area contributed by atoms with Crippen molar-refractivity contribution >= 4 is 23.1 Å². The van der Waals surface area contributed by atoms with E-state index in [2.05, 4.69) is 23.7 Å². The maximum absolute atomic E-state index is 13.4. The summed E-state index contributed by atoms with van der Waals surface area (Å²) in [5, 5.41) is 11.6. The van der Waals surface area contributed by atoms with Crippen LogP contribution in [-0.4, -0.2) is 68.8 Å². The summed E-state index contributed by atoms with van der Waals surface area (Å²) in [4.78, 5) is 35.3. The summed E-state index contributed by atoms with van der Waals surface area (Å²) >= 11 is 0. The van der Waals surface area contributed by atoms with E-state index in [1.165, 1.54) is 0 Å². The Bertz CT molecular complexity index is 1340. The SMILES string of the molecule is CCOc1cccc(C2/C(=C(\O)c3nc4c(C)cccn4c3C)C(=O)C(=O)N2CCCN(CC)CC)c1. The van der Waals surface area contributed by atoms with Gasteiger partial charge in [-0.15, -0.1) is 0 Å². The number of imidazole rings is 1. The Kier molecular flexibility index (Phi) is 7.97. The van der Waals surface area contributed by atoms with Crippen LogP contribution in [0.4, 0.5) is 0 Å². The van der Waals surface area contributed by atoms with Crippen LogP contribution < -0.4 is 4.74 Å². The number of aliphatic hydroxyl groups is 1. The summed E-state index contributed by atoms with van der Waals surface area (Å²) < 4.78 is 7.58. The molecule has 0 spiro atoms. The van der Waals surface area contributed by atoms with Gasteiger partial charge in [0.25, 0.3) is 11.7 Å². The number of benzene rings is 1. The van der Waals surface area contributed by atoms with Gasteiger partial charge in [-0.25, -0.2) is 4.98 Å². The highest BCUT2D eigenvalue weighted by molar-refractivity contribution is 6.46. The van der Waals surface area contributed by atoms with E-state index < -0.39 is 17.7 Å². The van der Waals surface area contributed by atoms with Gasteiger partial charge in [0, 0.05) is 12.7 Å². The number of aromatic nitrogens is 2. The first-order chi connectivity index (χ1) is 17.8. The first-order valence-corrected chi connectivity index (χ1v) is 13.0. The van der Waals surface area contributed by atoms with Crippen molar-refractivity contribution in [3.63, 3.8) is 0 Å². The number of Topliss-reactive ketones (excluding diaryl/α,β-unsaturated/α-hetero) is 1. The number of rotatable bonds is 10. The predicted molar refractivity (Wildman–Crippen MR) is 144 cm³/mol. The van der Waals surface area contributed by atoms with Crippen LogP contribution in [0.2, 0.25) is 0 Å². The molecule has 1 atom stereocenters. The molecule has 0 saturated carbocycles. The van der Waals surface area contributed by atoms with E-state index in [4.69, 9.17) is 4.74 Å². The molecule has 1 N–H and O–H groups in total. The smallest absolute Gasteiger partial charge is 0.295 e. The minimum atomic E-state index is -0.734. The van der Waals surface area contributed by atoms with Gasteiger partial charge in [-0.1, -0.05) is 32.0 Å². The Labute approximate surface area is 218 Å². The predicted octanol–water partition coefficient (Wildman–Crippen LogP) is 4.50. The quantitative estimate of drug-likeness (QED) is 0.248. The van der Waals surface area contributed by atoms with E-state index in [1.54, 1.807) is 4.90 Å². The number of nitrogens with zero attached hydrogens (tertiary/aromatic N) is 4. The number of ketones is 1. The van der Waals surface area contributed by atoms with E-state index in [0.29, 0.717) is 47.9 Å². The van der Waals surface area contributed by atoms with Gasteiger partial charge < -0.3 is 24.0 Å². The van der Waals surface area contributed by atoms with Gasteiger partial charge in [0.05, 0.1) is 23.9 Å². The molecule has 1 aromatic carbocycles. The number of likely N-dealkylation sites (tertiary alicyclic amines) is 1. The fourth-order valence-electron chi connectivity index (χ4n) is 5.08. The average Bonchev–Trinajstić information content (AvgIpc) is 3.37. The number of amides is 1. The van der Waals surface area contributed by atoms with Crippen LogP contribution in [0, 0.1) is 13.8 Å². The van der Waals surface area contributed by atoms with Crippen LogP contribution in [0.3, 0.4) is 0 Å². The topological polar surface area (TPSA) is 87.4 Å². The van der Waals surface area contributed by atoms with E-state index in [9.17, 15) is 14.7 Å². The van der Waals surface area contributed by atoms with Gasteiger partial charge in [-0.3, -0.25) is 9.59 Å². The maximum Gasteiger partial charge on any atom is 0.295 e. The molecule has 196 valence electrons. The summed E-state index contributed by atoms with van der Waals surface area (Å²) in [6.45, 7) is 13.4. The first kappa shape index (κ1) is 26.4. The van der Waals surface area contributed by atoms with Crippen molar-refractivity contribution in [1.82, 2.24) is 19.2 Å². The fraction of sp³-hybridized carbons (Fsp3) is 0.414. The molecule has 1 saturated heterocycles. The van der Waals surface area contributed by atoms with Crippen molar-refractivity contribution in [2.75, 3.05) is 32.8 Å². The molecule has 2 aromatic heterocycles. The molecule has 0 bridgehead atoms. The number of carbonyl (C=O) groups excluding carboxylic acids is 2. The molecule has 1 aliphatic rings. The minimum absolute atomic E-state index is 0.0608. The van der Waals surface area contributed by atoms with Crippen molar-refractivity contribution in [3.8, 4) is 5.75 Å². The largest absolute Gasteiger partial charge is 0.505 e. The lowest BCUT2D eigenvalue weighted by Crippen LogP contribution is -2.33. The fourth-order valence-corrected chi connectivity index (χ4v) is 5.08. The van der Waals surface area contributed by atoms with Crippen molar-refractivity contribution in [1.29, 1.82) is 0 Å². The van der Waals surface area contributed by atoms with Gasteiger partial charge in [-0.05, 0) is 76.2 Å². The number of carbonyl (C=O) groups is 2. The highest BCUT2D eigenvalue weighted by atomic mass is 16.5. The lowest BCUT2D eigenvalue weighted by atomic mass is 9.96. The van der Waals surface area contributed by atoms with Crippen molar-refractivity contribution in [3.05, 3.63) is 70.7 Å². The van der Waals surface area contributed by atoms with Crippen LogP contribution in [0.1, 0.15) is 55.7 Å². The van der Waals surface area contributed by atoms with E-state index >= 15 is 0 Å². The Morgan fingerprint density at radius 2 is 1.86 bits per heavy atom. The molecule has 1 amide bonds. The Hall–Kier alpha value is -3.65. The first-order valence-electron chi connectivity index (χ1n) is 13.0. The number of pyridine rings is 1. The molecule has 3 aromatic rings. The Morgan fingerprint density at radius 3 is 2.54 bits per heavy atom. The molecule has 1 unspecified atom stereocenters. The summed E-state index contributed by atoms with van der Waals surface area (Å²) in [6.07, 6.45) is 2.58. The molecule has 1 aliphatic heterocycles. The highest BCUT2D eigenvalue weighted by Crippen LogP contribution is 2.40. The second-order valence-electron chi connectivity index (χ2n) is 9.31. The zero-order valence-electron chi connectivity index (χ0n) is 22.3. The summed E-state index contributed by atoms with van der Waals surface area (Å²) in [7, 11) is 0. The van der Waals surface area contributed by atoms with Gasteiger partial charge in [0.2, 0.25) is 0 Å². The third kappa shape index (κ3) is 4.98. The van der Waals surface area contributed by atoms with Gasteiger partial charge in [0.15, 0.2) is 5.76 Å². The molecule has 0 radical (unpaired) electrons. The third-order valence-corrected chi connectivity index (χ3v) is 7.10. The summed E-state index contributed by atoms with van der Waals surface area (Å²) in [5.41, 5.74) is 3.43. The molecule has 1 fully saturated rings. The van der Waals surface area contributed by atoms with Crippen LogP contribution in [-0.2, 0) is 9.59 Å². The molecule has 37 heavy (non-hydrogen) atoms. The van der Waals surface area contributed by atoms with E-state index in [1.807, 2.05) is 67.8 Å². The Morgan fingerprint density at radius 1 is 1.11 bits per heavy atom.